The van der Waals surface area contributed by atoms with Gasteiger partial charge in [0, 0.05) is 24.7 Å². The number of aromatic amines is 1. The van der Waals surface area contributed by atoms with Crippen LogP contribution in [0.3, 0.4) is 0 Å². The molecule has 0 saturated carbocycles. The first-order valence-electron chi connectivity index (χ1n) is 10.4. The summed E-state index contributed by atoms with van der Waals surface area (Å²) in [5, 5.41) is 0.0127. The zero-order chi connectivity index (χ0) is 22.2. The summed E-state index contributed by atoms with van der Waals surface area (Å²) in [4.78, 5) is 32.2. The Morgan fingerprint density at radius 3 is 2.39 bits per heavy atom. The van der Waals surface area contributed by atoms with Gasteiger partial charge in [0.05, 0.1) is 10.6 Å². The topological polar surface area (TPSA) is 56.4 Å². The van der Waals surface area contributed by atoms with Gasteiger partial charge >= 0.3 is 6.18 Å². The van der Waals surface area contributed by atoms with Gasteiger partial charge < -0.3 is 14.8 Å². The molecule has 0 unspecified atom stereocenters. The average molecular weight is 454 g/mol. The lowest BCUT2D eigenvalue weighted by Crippen LogP contribution is -2.46. The molecule has 166 valence electrons. The molecule has 0 radical (unpaired) electrons. The Morgan fingerprint density at radius 2 is 1.74 bits per heavy atom. The molecule has 1 aromatic carbocycles. The van der Waals surface area contributed by atoms with E-state index in [0.717, 1.165) is 38.1 Å². The molecule has 1 amide bonds. The smallest absolute Gasteiger partial charge is 0.337 e. The maximum atomic E-state index is 13.0. The molecule has 31 heavy (non-hydrogen) atoms. The number of alkyl halides is 3. The fourth-order valence-electron chi connectivity index (χ4n) is 4.44. The predicted molar refractivity (Wildman–Crippen MR) is 112 cm³/mol. The molecule has 0 bridgehead atoms. The summed E-state index contributed by atoms with van der Waals surface area (Å²) in [6, 6.07) is 6.20. The second-order valence-corrected chi connectivity index (χ2v) is 8.49. The summed E-state index contributed by atoms with van der Waals surface area (Å²) in [5.41, 5.74) is -1.47. The Hall–Kier alpha value is -2.32. The van der Waals surface area contributed by atoms with E-state index in [2.05, 4.69) is 9.88 Å². The number of halogens is 4. The van der Waals surface area contributed by atoms with Crippen molar-refractivity contribution in [1.29, 1.82) is 0 Å². The Labute approximate surface area is 182 Å². The van der Waals surface area contributed by atoms with Crippen molar-refractivity contribution >= 4 is 17.5 Å². The molecule has 2 aromatic rings. The van der Waals surface area contributed by atoms with Gasteiger partial charge in [-0.1, -0.05) is 23.7 Å². The van der Waals surface area contributed by atoms with Gasteiger partial charge in [0.15, 0.2) is 0 Å². The standard InChI is InChI=1S/C22H23ClF3N3O2/c23-18-13-17(14-4-3-5-15(12-14)22(24,25)26)20(30)27-19(18)21(31)29-10-6-16(7-11-29)28-8-1-2-9-28/h3-5,12-13,16H,1-2,6-11H2,(H,27,30). The number of pyridine rings is 1. The third-order valence-corrected chi connectivity index (χ3v) is 6.41. The van der Waals surface area contributed by atoms with Crippen molar-refractivity contribution in [3.05, 3.63) is 57.0 Å². The van der Waals surface area contributed by atoms with E-state index >= 15 is 0 Å². The van der Waals surface area contributed by atoms with Crippen LogP contribution in [0.4, 0.5) is 13.2 Å². The van der Waals surface area contributed by atoms with Crippen LogP contribution < -0.4 is 5.56 Å². The zero-order valence-corrected chi connectivity index (χ0v) is 17.6. The molecule has 1 aromatic heterocycles. The van der Waals surface area contributed by atoms with Crippen molar-refractivity contribution in [2.45, 2.75) is 37.9 Å². The van der Waals surface area contributed by atoms with Crippen LogP contribution in [0.5, 0.6) is 0 Å². The summed E-state index contributed by atoms with van der Waals surface area (Å²) < 4.78 is 39.0. The third kappa shape index (κ3) is 4.65. The normalized spacial score (nSPS) is 18.5. The van der Waals surface area contributed by atoms with E-state index in [4.69, 9.17) is 11.6 Å². The number of piperidine rings is 1. The Kier molecular flexibility index (Phi) is 6.12. The van der Waals surface area contributed by atoms with Crippen LogP contribution in [-0.2, 0) is 6.18 Å². The van der Waals surface area contributed by atoms with Gasteiger partial charge in [0.2, 0.25) is 0 Å². The molecule has 4 rings (SSSR count). The van der Waals surface area contributed by atoms with Crippen LogP contribution in [-0.4, -0.2) is 52.9 Å². The van der Waals surface area contributed by atoms with Crippen LogP contribution in [0.1, 0.15) is 41.7 Å². The van der Waals surface area contributed by atoms with Crippen molar-refractivity contribution in [2.24, 2.45) is 0 Å². The van der Waals surface area contributed by atoms with E-state index in [1.807, 2.05) is 0 Å². The Balaban J connectivity index is 1.52. The number of carbonyl (C=O) groups is 1. The SMILES string of the molecule is O=C(c1[nH]c(=O)c(-c2cccc(C(F)(F)F)c2)cc1Cl)N1CCC(N2CCCC2)CC1. The van der Waals surface area contributed by atoms with Crippen LogP contribution >= 0.6 is 11.6 Å². The molecule has 2 fully saturated rings. The molecule has 9 heteroatoms. The molecule has 5 nitrogen and oxygen atoms in total. The van der Waals surface area contributed by atoms with Gasteiger partial charge in [-0.2, -0.15) is 13.2 Å². The molecular formula is C22H23ClF3N3O2. The minimum Gasteiger partial charge on any atom is -0.337 e. The number of hydrogen-bond acceptors (Lipinski definition) is 3. The van der Waals surface area contributed by atoms with Crippen LogP contribution in [0.2, 0.25) is 5.02 Å². The molecule has 0 atom stereocenters. The van der Waals surface area contributed by atoms with E-state index < -0.39 is 17.3 Å². The fourth-order valence-corrected chi connectivity index (χ4v) is 4.67. The highest BCUT2D eigenvalue weighted by molar-refractivity contribution is 6.33. The molecule has 1 N–H and O–H groups in total. The maximum absolute atomic E-state index is 13.0. The van der Waals surface area contributed by atoms with Crippen molar-refractivity contribution in [2.75, 3.05) is 26.2 Å². The Morgan fingerprint density at radius 1 is 1.06 bits per heavy atom. The summed E-state index contributed by atoms with van der Waals surface area (Å²) >= 11 is 6.28. The van der Waals surface area contributed by atoms with E-state index in [9.17, 15) is 22.8 Å². The molecule has 0 aliphatic carbocycles. The fraction of sp³-hybridized carbons (Fsp3) is 0.455. The third-order valence-electron chi connectivity index (χ3n) is 6.12. The highest BCUT2D eigenvalue weighted by atomic mass is 35.5. The first kappa shape index (κ1) is 21.9. The van der Waals surface area contributed by atoms with Gasteiger partial charge in [-0.3, -0.25) is 9.59 Å². The summed E-state index contributed by atoms with van der Waals surface area (Å²) in [6.45, 7) is 3.37. The zero-order valence-electron chi connectivity index (χ0n) is 16.8. The number of hydrogen-bond donors (Lipinski definition) is 1. The number of benzene rings is 1. The quantitative estimate of drug-likeness (QED) is 0.748. The second-order valence-electron chi connectivity index (χ2n) is 8.08. The lowest BCUT2D eigenvalue weighted by Gasteiger charge is -2.36. The molecule has 3 heterocycles. The first-order chi connectivity index (χ1) is 14.7. The van der Waals surface area contributed by atoms with Crippen LogP contribution in [0.25, 0.3) is 11.1 Å². The number of H-pyrrole nitrogens is 1. The van der Waals surface area contributed by atoms with Gasteiger partial charge in [-0.25, -0.2) is 0 Å². The highest BCUT2D eigenvalue weighted by Crippen LogP contribution is 2.32. The minimum absolute atomic E-state index is 0.0127. The van der Waals surface area contributed by atoms with Crippen LogP contribution in [0, 0.1) is 0 Å². The monoisotopic (exact) mass is 453 g/mol. The van der Waals surface area contributed by atoms with Crippen molar-refractivity contribution < 1.29 is 18.0 Å². The summed E-state index contributed by atoms with van der Waals surface area (Å²) in [5.74, 6) is -0.363. The molecular weight excluding hydrogens is 431 g/mol. The summed E-state index contributed by atoms with van der Waals surface area (Å²) in [7, 11) is 0. The highest BCUT2D eigenvalue weighted by Gasteiger charge is 2.32. The van der Waals surface area contributed by atoms with Gasteiger partial charge in [0.1, 0.15) is 5.69 Å². The van der Waals surface area contributed by atoms with Crippen LogP contribution in [0.15, 0.2) is 35.1 Å². The number of rotatable bonds is 3. The van der Waals surface area contributed by atoms with E-state index in [1.54, 1.807) is 4.90 Å². The maximum Gasteiger partial charge on any atom is 0.416 e. The number of carbonyl (C=O) groups excluding carboxylic acids is 1. The molecule has 0 spiro atoms. The molecule has 2 saturated heterocycles. The largest absolute Gasteiger partial charge is 0.416 e. The van der Waals surface area contributed by atoms with E-state index in [1.165, 1.54) is 31.0 Å². The van der Waals surface area contributed by atoms with E-state index in [-0.39, 0.29) is 27.8 Å². The number of aromatic nitrogens is 1. The number of amides is 1. The Bertz CT molecular complexity index is 1020. The first-order valence-corrected chi connectivity index (χ1v) is 10.8. The van der Waals surface area contributed by atoms with Gasteiger partial charge in [0.25, 0.3) is 11.5 Å². The average Bonchev–Trinajstić information content (AvgIpc) is 3.29. The second kappa shape index (κ2) is 8.67. The number of likely N-dealkylation sites (tertiary alicyclic amines) is 2. The van der Waals surface area contributed by atoms with Crippen molar-refractivity contribution in [3.63, 3.8) is 0 Å². The van der Waals surface area contributed by atoms with Crippen molar-refractivity contribution in [3.8, 4) is 11.1 Å². The summed E-state index contributed by atoms with van der Waals surface area (Å²) in [6.07, 6.45) is -0.349. The van der Waals surface area contributed by atoms with Gasteiger partial charge in [-0.15, -0.1) is 0 Å². The minimum atomic E-state index is -4.52. The molecule has 2 aliphatic heterocycles. The number of nitrogens with zero attached hydrogens (tertiary/aromatic N) is 2. The number of nitrogens with one attached hydrogen (secondary N) is 1. The predicted octanol–water partition coefficient (Wildman–Crippen LogP) is 4.41. The lowest BCUT2D eigenvalue weighted by atomic mass is 10.0. The van der Waals surface area contributed by atoms with E-state index in [0.29, 0.717) is 19.1 Å². The van der Waals surface area contributed by atoms with Gasteiger partial charge in [-0.05, 0) is 62.5 Å². The van der Waals surface area contributed by atoms with Crippen molar-refractivity contribution in [1.82, 2.24) is 14.8 Å². The molecule has 2 aliphatic rings. The lowest BCUT2D eigenvalue weighted by molar-refractivity contribution is -0.137.